The maximum Gasteiger partial charge on any atom is 0.328 e. The van der Waals surface area contributed by atoms with Gasteiger partial charge in [0.05, 0.1) is 11.6 Å². The summed E-state index contributed by atoms with van der Waals surface area (Å²) in [7, 11) is 0. The van der Waals surface area contributed by atoms with Gasteiger partial charge >= 0.3 is 5.69 Å². The first-order valence-corrected chi connectivity index (χ1v) is 5.18. The molecule has 0 aliphatic carbocycles. The fourth-order valence-corrected chi connectivity index (χ4v) is 1.62. The average Bonchev–Trinajstić information content (AvgIpc) is 2.28. The van der Waals surface area contributed by atoms with Gasteiger partial charge in [-0.1, -0.05) is 23.7 Å². The summed E-state index contributed by atoms with van der Waals surface area (Å²) >= 11 is 5.62. The first-order valence-electron chi connectivity index (χ1n) is 4.80. The molecule has 2 aromatic rings. The summed E-state index contributed by atoms with van der Waals surface area (Å²) in [5, 5.41) is -0.0000245. The Labute approximate surface area is 100 Å². The Morgan fingerprint density at radius 3 is 2.76 bits per heavy atom. The van der Waals surface area contributed by atoms with E-state index in [0.717, 1.165) is 0 Å². The zero-order valence-corrected chi connectivity index (χ0v) is 9.37. The molecule has 4 nitrogen and oxygen atoms in total. The van der Waals surface area contributed by atoms with E-state index in [2.05, 4.69) is 4.98 Å². The first-order chi connectivity index (χ1) is 8.08. The lowest BCUT2D eigenvalue weighted by atomic mass is 10.2. The van der Waals surface area contributed by atoms with Gasteiger partial charge in [-0.2, -0.15) is 0 Å². The predicted molar refractivity (Wildman–Crippen MR) is 61.8 cm³/mol. The molecule has 0 aliphatic rings. The Morgan fingerprint density at radius 2 is 2.06 bits per heavy atom. The quantitative estimate of drug-likeness (QED) is 0.880. The van der Waals surface area contributed by atoms with Crippen LogP contribution in [0.3, 0.4) is 0 Å². The highest BCUT2D eigenvalue weighted by atomic mass is 35.5. The van der Waals surface area contributed by atoms with Crippen molar-refractivity contribution in [2.75, 3.05) is 0 Å². The molecule has 2 rings (SSSR count). The van der Waals surface area contributed by atoms with Crippen LogP contribution in [0.25, 0.3) is 0 Å². The molecule has 0 radical (unpaired) electrons. The molecule has 0 bridgehead atoms. The van der Waals surface area contributed by atoms with Crippen LogP contribution in [0.1, 0.15) is 5.56 Å². The van der Waals surface area contributed by atoms with Crippen molar-refractivity contribution in [3.8, 4) is 0 Å². The number of rotatable bonds is 2. The SMILES string of the molecule is O=c1ccn(Cc2cccc(Cl)c2F)c(=O)[nH]1. The highest BCUT2D eigenvalue weighted by Gasteiger charge is 2.07. The van der Waals surface area contributed by atoms with E-state index in [4.69, 9.17) is 11.6 Å². The molecular weight excluding hydrogens is 247 g/mol. The molecule has 17 heavy (non-hydrogen) atoms. The van der Waals surface area contributed by atoms with Crippen molar-refractivity contribution in [2.45, 2.75) is 6.54 Å². The Balaban J connectivity index is 2.42. The van der Waals surface area contributed by atoms with E-state index in [1.54, 1.807) is 6.07 Å². The van der Waals surface area contributed by atoms with Gasteiger partial charge in [0.2, 0.25) is 0 Å². The van der Waals surface area contributed by atoms with E-state index < -0.39 is 17.1 Å². The van der Waals surface area contributed by atoms with Crippen LogP contribution in [-0.2, 0) is 6.54 Å². The Hall–Kier alpha value is -1.88. The number of hydrogen-bond donors (Lipinski definition) is 1. The molecular formula is C11H8ClFN2O2. The summed E-state index contributed by atoms with van der Waals surface area (Å²) in [5.41, 5.74) is -0.790. The topological polar surface area (TPSA) is 54.9 Å². The second-order valence-electron chi connectivity index (χ2n) is 3.45. The van der Waals surface area contributed by atoms with E-state index in [9.17, 15) is 14.0 Å². The molecule has 1 aromatic heterocycles. The van der Waals surface area contributed by atoms with Crippen molar-refractivity contribution in [1.82, 2.24) is 9.55 Å². The van der Waals surface area contributed by atoms with Gasteiger partial charge in [0, 0.05) is 17.8 Å². The van der Waals surface area contributed by atoms with Gasteiger partial charge in [0.25, 0.3) is 5.56 Å². The molecule has 0 saturated heterocycles. The lowest BCUT2D eigenvalue weighted by Gasteiger charge is -2.06. The van der Waals surface area contributed by atoms with Crippen LogP contribution >= 0.6 is 11.6 Å². The summed E-state index contributed by atoms with van der Waals surface area (Å²) in [6, 6.07) is 5.75. The average molecular weight is 255 g/mol. The van der Waals surface area contributed by atoms with E-state index in [1.165, 1.54) is 29.0 Å². The third kappa shape index (κ3) is 2.45. The van der Waals surface area contributed by atoms with Gasteiger partial charge in [-0.05, 0) is 6.07 Å². The monoisotopic (exact) mass is 254 g/mol. The first kappa shape index (κ1) is 11.6. The molecule has 0 saturated carbocycles. The molecule has 0 atom stereocenters. The Kier molecular flexibility index (Phi) is 3.10. The summed E-state index contributed by atoms with van der Waals surface area (Å²) in [6.45, 7) is 0.0159. The summed E-state index contributed by atoms with van der Waals surface area (Å²) in [4.78, 5) is 24.3. The number of aromatic amines is 1. The smallest absolute Gasteiger partial charge is 0.296 e. The minimum Gasteiger partial charge on any atom is -0.296 e. The van der Waals surface area contributed by atoms with Crippen molar-refractivity contribution in [1.29, 1.82) is 0 Å². The van der Waals surface area contributed by atoms with E-state index in [1.807, 2.05) is 0 Å². The summed E-state index contributed by atoms with van der Waals surface area (Å²) in [5.74, 6) is -0.563. The molecule has 1 N–H and O–H groups in total. The number of benzene rings is 1. The molecule has 0 fully saturated rings. The summed E-state index contributed by atoms with van der Waals surface area (Å²) in [6.07, 6.45) is 1.31. The maximum absolute atomic E-state index is 13.6. The van der Waals surface area contributed by atoms with Crippen LogP contribution in [0.15, 0.2) is 40.1 Å². The number of halogens is 2. The fraction of sp³-hybridized carbons (Fsp3) is 0.0909. The van der Waals surface area contributed by atoms with Gasteiger partial charge in [-0.3, -0.25) is 14.3 Å². The molecule has 6 heteroatoms. The number of aromatic nitrogens is 2. The van der Waals surface area contributed by atoms with Crippen LogP contribution in [0.4, 0.5) is 4.39 Å². The molecule has 0 aliphatic heterocycles. The minimum absolute atomic E-state index is 0.0000245. The highest BCUT2D eigenvalue weighted by molar-refractivity contribution is 6.30. The van der Waals surface area contributed by atoms with Gasteiger partial charge in [-0.25, -0.2) is 9.18 Å². The second-order valence-corrected chi connectivity index (χ2v) is 3.86. The Morgan fingerprint density at radius 1 is 1.29 bits per heavy atom. The molecule has 88 valence electrons. The molecule has 0 unspecified atom stereocenters. The second kappa shape index (κ2) is 4.55. The van der Waals surface area contributed by atoms with E-state index in [0.29, 0.717) is 0 Å². The minimum atomic E-state index is -0.586. The van der Waals surface area contributed by atoms with Crippen molar-refractivity contribution in [3.05, 3.63) is 67.7 Å². The molecule has 1 aromatic carbocycles. The number of hydrogen-bond acceptors (Lipinski definition) is 2. The van der Waals surface area contributed by atoms with Crippen LogP contribution in [0.5, 0.6) is 0 Å². The fourth-order valence-electron chi connectivity index (χ4n) is 1.42. The van der Waals surface area contributed by atoms with Crippen LogP contribution in [-0.4, -0.2) is 9.55 Å². The van der Waals surface area contributed by atoms with Gasteiger partial charge in [-0.15, -0.1) is 0 Å². The largest absolute Gasteiger partial charge is 0.328 e. The lowest BCUT2D eigenvalue weighted by Crippen LogP contribution is -2.29. The lowest BCUT2D eigenvalue weighted by molar-refractivity contribution is 0.593. The zero-order valence-electron chi connectivity index (χ0n) is 8.61. The van der Waals surface area contributed by atoms with Gasteiger partial charge in [0.15, 0.2) is 0 Å². The van der Waals surface area contributed by atoms with Gasteiger partial charge < -0.3 is 0 Å². The predicted octanol–water partition coefficient (Wildman–Crippen LogP) is 1.38. The number of H-pyrrole nitrogens is 1. The third-order valence-electron chi connectivity index (χ3n) is 2.27. The zero-order chi connectivity index (χ0) is 12.4. The van der Waals surface area contributed by atoms with Crippen LogP contribution in [0, 0.1) is 5.82 Å². The molecule has 0 amide bonds. The summed E-state index contributed by atoms with van der Waals surface area (Å²) < 4.78 is 14.8. The van der Waals surface area contributed by atoms with Crippen molar-refractivity contribution >= 4 is 11.6 Å². The number of nitrogens with one attached hydrogen (secondary N) is 1. The van der Waals surface area contributed by atoms with E-state index >= 15 is 0 Å². The van der Waals surface area contributed by atoms with Gasteiger partial charge in [0.1, 0.15) is 5.82 Å². The van der Waals surface area contributed by atoms with Crippen molar-refractivity contribution in [2.24, 2.45) is 0 Å². The van der Waals surface area contributed by atoms with E-state index in [-0.39, 0.29) is 17.1 Å². The van der Waals surface area contributed by atoms with Crippen molar-refractivity contribution in [3.63, 3.8) is 0 Å². The van der Waals surface area contributed by atoms with Crippen LogP contribution in [0.2, 0.25) is 5.02 Å². The van der Waals surface area contributed by atoms with Crippen molar-refractivity contribution < 1.29 is 4.39 Å². The Bertz CT molecular complexity index is 663. The number of nitrogens with zero attached hydrogens (tertiary/aromatic N) is 1. The third-order valence-corrected chi connectivity index (χ3v) is 2.56. The van der Waals surface area contributed by atoms with Crippen LogP contribution < -0.4 is 11.2 Å². The standard InChI is InChI=1S/C11H8ClFN2O2/c12-8-3-1-2-7(10(8)13)6-15-5-4-9(16)14-11(15)17/h1-5H,6H2,(H,14,16,17). The molecule has 1 heterocycles. The highest BCUT2D eigenvalue weighted by Crippen LogP contribution is 2.18. The normalized spacial score (nSPS) is 10.5. The molecule has 0 spiro atoms. The maximum atomic E-state index is 13.6.